The Morgan fingerprint density at radius 2 is 2.00 bits per heavy atom. The zero-order valence-electron chi connectivity index (χ0n) is 18.3. The molecule has 3 rings (SSSR count). The highest BCUT2D eigenvalue weighted by Gasteiger charge is 2.29. The van der Waals surface area contributed by atoms with Crippen LogP contribution in [0.1, 0.15) is 37.6 Å². The number of aliphatic carboxylic acids is 1. The van der Waals surface area contributed by atoms with Gasteiger partial charge in [0.05, 0.1) is 6.04 Å². The van der Waals surface area contributed by atoms with E-state index in [1.54, 1.807) is 12.1 Å². The van der Waals surface area contributed by atoms with Crippen LogP contribution in [-0.4, -0.2) is 64.3 Å². The number of aromatic nitrogens is 2. The number of aromatic amines is 1. The second-order valence-electron chi connectivity index (χ2n) is 7.76. The third-order valence-corrected chi connectivity index (χ3v) is 5.26. The largest absolute Gasteiger partial charge is 0.480 e. The number of carboxylic acid groups (broad SMARTS) is 1. The summed E-state index contributed by atoms with van der Waals surface area (Å²) in [6.07, 6.45) is 0.609. The summed E-state index contributed by atoms with van der Waals surface area (Å²) in [6, 6.07) is 4.72. The van der Waals surface area contributed by atoms with E-state index in [0.717, 1.165) is 0 Å². The minimum Gasteiger partial charge on any atom is -0.480 e. The molecular weight excluding hydrogens is 458 g/mol. The van der Waals surface area contributed by atoms with Crippen LogP contribution in [0, 0.1) is 0 Å². The maximum atomic E-state index is 12.4. The van der Waals surface area contributed by atoms with Gasteiger partial charge < -0.3 is 36.5 Å². The van der Waals surface area contributed by atoms with E-state index >= 15 is 0 Å². The fourth-order valence-electron chi connectivity index (χ4n) is 3.47. The molecule has 0 aliphatic carbocycles. The number of amides is 2. The Kier molecular flexibility index (Phi) is 8.91. The smallest absolute Gasteiger partial charge is 0.326 e. The molecule has 0 spiro atoms. The number of hydrogen-bond donors (Lipinski definition) is 6. The van der Waals surface area contributed by atoms with Crippen molar-refractivity contribution < 1.29 is 24.3 Å². The highest BCUT2D eigenvalue weighted by atomic mass is 16.4. The Balaban J connectivity index is 0.00000432. The number of fused-ring (bicyclic) bond motifs is 1. The van der Waals surface area contributed by atoms with Crippen LogP contribution in [-0.2, 0) is 14.4 Å². The lowest BCUT2D eigenvalue weighted by Gasteiger charge is -2.34. The fourth-order valence-corrected chi connectivity index (χ4v) is 3.47. The number of H-pyrrole nitrogens is 1. The monoisotopic (exact) mass is 487 g/mol. The van der Waals surface area contributed by atoms with Gasteiger partial charge in [0, 0.05) is 30.8 Å². The topological polar surface area (TPSA) is 200 Å². The average molecular weight is 488 g/mol. The van der Waals surface area contributed by atoms with Crippen LogP contribution in [0.5, 0.6) is 0 Å². The van der Waals surface area contributed by atoms with E-state index in [-0.39, 0.29) is 55.6 Å². The first kappa shape index (κ1) is 26.8. The van der Waals surface area contributed by atoms with Crippen molar-refractivity contribution in [3.8, 4) is 0 Å². The summed E-state index contributed by atoms with van der Waals surface area (Å²) in [5.41, 5.74) is 5.97. The van der Waals surface area contributed by atoms with Crippen molar-refractivity contribution in [2.45, 2.75) is 39.3 Å². The Morgan fingerprint density at radius 1 is 1.31 bits per heavy atom. The molecule has 2 amide bonds. The van der Waals surface area contributed by atoms with Crippen molar-refractivity contribution in [3.63, 3.8) is 0 Å². The van der Waals surface area contributed by atoms with E-state index in [1.807, 2.05) is 0 Å². The maximum Gasteiger partial charge on any atom is 0.326 e. The zero-order chi connectivity index (χ0) is 24.8. The lowest BCUT2D eigenvalue weighted by atomic mass is 10.1. The molecule has 2 atom stereocenters. The Bertz CT molecular complexity index is 1150. The minimum atomic E-state index is -1.22. The molecule has 0 saturated heterocycles. The van der Waals surface area contributed by atoms with E-state index in [2.05, 4.69) is 25.9 Å². The number of carbonyl (C=O) groups excluding carboxylic acids is 3. The van der Waals surface area contributed by atoms with Gasteiger partial charge in [0.25, 0.3) is 11.5 Å². The molecule has 2 heterocycles. The van der Waals surface area contributed by atoms with Gasteiger partial charge in [-0.1, -0.05) is 7.43 Å². The van der Waals surface area contributed by atoms with E-state index in [0.29, 0.717) is 18.6 Å². The van der Waals surface area contributed by atoms with Crippen molar-refractivity contribution in [1.82, 2.24) is 15.3 Å². The van der Waals surface area contributed by atoms with Crippen molar-refractivity contribution in [1.29, 1.82) is 0 Å². The van der Waals surface area contributed by atoms with Crippen molar-refractivity contribution in [2.24, 2.45) is 0 Å². The zero-order valence-corrected chi connectivity index (χ0v) is 18.3. The molecule has 1 unspecified atom stereocenters. The van der Waals surface area contributed by atoms with Gasteiger partial charge in [0.2, 0.25) is 12.4 Å². The molecule has 7 N–H and O–H groups in total. The number of rotatable bonds is 10. The summed E-state index contributed by atoms with van der Waals surface area (Å²) in [4.78, 5) is 66.4. The molecule has 13 heteroatoms. The summed E-state index contributed by atoms with van der Waals surface area (Å²) >= 11 is 0. The van der Waals surface area contributed by atoms with E-state index in [4.69, 9.17) is 5.73 Å². The first-order valence-electron chi connectivity index (χ1n) is 10.4. The normalized spacial score (nSPS) is 15.0. The van der Waals surface area contributed by atoms with Gasteiger partial charge in [-0.05, 0) is 37.6 Å². The van der Waals surface area contributed by atoms with Crippen LogP contribution >= 0.6 is 0 Å². The lowest BCUT2D eigenvalue weighted by Crippen LogP contribution is -2.50. The number of nitrogens with two attached hydrogens (primary N) is 1. The predicted molar refractivity (Wildman–Crippen MR) is 131 cm³/mol. The minimum absolute atomic E-state index is 0. The predicted octanol–water partition coefficient (Wildman–Crippen LogP) is 0.409. The molecule has 1 aliphatic rings. The molecule has 0 fully saturated rings. The second kappa shape index (κ2) is 11.6. The van der Waals surface area contributed by atoms with Gasteiger partial charge in [-0.25, -0.2) is 4.79 Å². The number of hydrogen-bond acceptors (Lipinski definition) is 9. The molecule has 2 aromatic rings. The van der Waals surface area contributed by atoms with Crippen LogP contribution in [0.15, 0.2) is 29.1 Å². The van der Waals surface area contributed by atoms with Crippen LogP contribution < -0.4 is 32.1 Å². The molecule has 0 saturated carbocycles. The maximum absolute atomic E-state index is 12.4. The first-order valence-corrected chi connectivity index (χ1v) is 10.4. The standard InChI is InChI=1S/C21H25N7O6.CH4/c1-11(30)2-7-15(20(33)34)25-18(31)12-3-5-13(6-4-12)23-8-14-9-24-17-16(28(14)10-29)19(32)27-21(22)26-17;/h3-6,10,14-15,23H,2,7-9H2,1H3,(H,25,31)(H,33,34)(H4,22,24,26,27,32);1H4/t14?,15-;/m0./s1. The molecule has 1 aliphatic heterocycles. The summed E-state index contributed by atoms with van der Waals surface area (Å²) in [6.45, 7) is 1.96. The quantitative estimate of drug-likeness (QED) is 0.255. The Hall–Kier alpha value is -4.42. The van der Waals surface area contributed by atoms with Gasteiger partial charge in [0.15, 0.2) is 11.5 Å². The lowest BCUT2D eigenvalue weighted by molar-refractivity contribution is -0.139. The number of carboxylic acids is 1. The Morgan fingerprint density at radius 3 is 2.60 bits per heavy atom. The number of Topliss-reactive ketones (excluding diaryl/α,β-unsaturated/α-hetero) is 1. The molecule has 0 bridgehead atoms. The summed E-state index contributed by atoms with van der Waals surface area (Å²) in [5.74, 6) is -1.79. The molecule has 0 radical (unpaired) electrons. The number of nitrogens with zero attached hydrogens (tertiary/aromatic N) is 2. The fraction of sp³-hybridized carbons (Fsp3) is 0.364. The van der Waals surface area contributed by atoms with Gasteiger partial charge >= 0.3 is 5.97 Å². The Labute approximate surface area is 201 Å². The highest BCUT2D eigenvalue weighted by molar-refractivity contribution is 5.97. The van der Waals surface area contributed by atoms with E-state index < -0.39 is 29.5 Å². The van der Waals surface area contributed by atoms with E-state index in [1.165, 1.54) is 24.0 Å². The van der Waals surface area contributed by atoms with Gasteiger partial charge in [0.1, 0.15) is 11.8 Å². The van der Waals surface area contributed by atoms with Crippen molar-refractivity contribution >= 4 is 47.2 Å². The third kappa shape index (κ3) is 6.56. The van der Waals surface area contributed by atoms with Gasteiger partial charge in [-0.2, -0.15) is 4.98 Å². The second-order valence-corrected chi connectivity index (χ2v) is 7.76. The van der Waals surface area contributed by atoms with Crippen LogP contribution in [0.25, 0.3) is 0 Å². The van der Waals surface area contributed by atoms with Crippen molar-refractivity contribution in [2.75, 3.05) is 34.4 Å². The van der Waals surface area contributed by atoms with Crippen molar-refractivity contribution in [3.05, 3.63) is 40.2 Å². The molecule has 35 heavy (non-hydrogen) atoms. The van der Waals surface area contributed by atoms with Crippen LogP contribution in [0.3, 0.4) is 0 Å². The molecule has 13 nitrogen and oxygen atoms in total. The molecular formula is C22H29N7O6. The number of ketones is 1. The average Bonchev–Trinajstić information content (AvgIpc) is 2.79. The first-order chi connectivity index (χ1) is 16.2. The van der Waals surface area contributed by atoms with Gasteiger partial charge in [-0.3, -0.25) is 19.4 Å². The SMILES string of the molecule is C.CC(=O)CC[C@H](NC(=O)c1ccc(NCC2CNc3nc(N)[nH]c(=O)c3N2C=O)cc1)C(=O)O. The molecule has 188 valence electrons. The van der Waals surface area contributed by atoms with Gasteiger partial charge in [-0.15, -0.1) is 0 Å². The third-order valence-electron chi connectivity index (χ3n) is 5.26. The number of benzene rings is 1. The van der Waals surface area contributed by atoms with E-state index in [9.17, 15) is 29.1 Å². The van der Waals surface area contributed by atoms with Crippen LogP contribution in [0.2, 0.25) is 0 Å². The summed E-state index contributed by atoms with van der Waals surface area (Å²) in [5, 5.41) is 17.8. The summed E-state index contributed by atoms with van der Waals surface area (Å²) < 4.78 is 0. The number of anilines is 4. The number of nitrogens with one attached hydrogen (secondary N) is 4. The summed E-state index contributed by atoms with van der Waals surface area (Å²) in [7, 11) is 0. The number of carbonyl (C=O) groups is 4. The highest BCUT2D eigenvalue weighted by Crippen LogP contribution is 2.25. The molecule has 1 aromatic carbocycles. The molecule has 1 aromatic heterocycles. The van der Waals surface area contributed by atoms with Crippen LogP contribution in [0.4, 0.5) is 23.1 Å². The number of nitrogen functional groups attached to an aromatic ring is 1.